The zero-order chi connectivity index (χ0) is 25.4. The monoisotopic (exact) mass is 499 g/mol. The van der Waals surface area contributed by atoms with Gasteiger partial charge >= 0.3 is 0 Å². The first-order chi connectivity index (χ1) is 17.3. The SMILES string of the molecule is CCOc1cccc(-c2cc(=O)n(C)c3ccc(C(O)(c4ccc(Cl)cc4)c4cnc(C)[nH]4)cc23)c1. The van der Waals surface area contributed by atoms with Crippen molar-refractivity contribution in [1.82, 2.24) is 14.5 Å². The minimum Gasteiger partial charge on any atom is -0.494 e. The van der Waals surface area contributed by atoms with Crippen LogP contribution in [0.2, 0.25) is 5.02 Å². The molecule has 0 amide bonds. The van der Waals surface area contributed by atoms with Crippen molar-refractivity contribution < 1.29 is 9.84 Å². The van der Waals surface area contributed by atoms with Gasteiger partial charge in [0.2, 0.25) is 0 Å². The number of ether oxygens (including phenoxy) is 1. The molecule has 5 rings (SSSR count). The Bertz CT molecular complexity index is 1620. The Morgan fingerprint density at radius 3 is 2.50 bits per heavy atom. The van der Waals surface area contributed by atoms with Gasteiger partial charge in [-0.3, -0.25) is 4.79 Å². The van der Waals surface area contributed by atoms with Gasteiger partial charge in [0.1, 0.15) is 11.6 Å². The highest BCUT2D eigenvalue weighted by Gasteiger charge is 2.36. The molecule has 0 fully saturated rings. The van der Waals surface area contributed by atoms with Gasteiger partial charge in [0, 0.05) is 23.5 Å². The minimum atomic E-state index is -1.53. The number of aliphatic hydroxyl groups is 1. The number of hydrogen-bond acceptors (Lipinski definition) is 4. The van der Waals surface area contributed by atoms with Gasteiger partial charge < -0.3 is 19.4 Å². The van der Waals surface area contributed by atoms with Crippen molar-refractivity contribution in [3.8, 4) is 16.9 Å². The summed E-state index contributed by atoms with van der Waals surface area (Å²) in [5.74, 6) is 1.42. The van der Waals surface area contributed by atoms with Gasteiger partial charge in [0.25, 0.3) is 5.56 Å². The van der Waals surface area contributed by atoms with Crippen LogP contribution in [0.25, 0.3) is 22.0 Å². The van der Waals surface area contributed by atoms with Crippen LogP contribution in [0.4, 0.5) is 0 Å². The number of hydrogen-bond donors (Lipinski definition) is 2. The number of pyridine rings is 1. The molecule has 0 bridgehead atoms. The van der Waals surface area contributed by atoms with Crippen molar-refractivity contribution in [1.29, 1.82) is 0 Å². The maximum absolute atomic E-state index is 12.9. The van der Waals surface area contributed by atoms with E-state index in [1.807, 2.05) is 56.3 Å². The first-order valence-corrected chi connectivity index (χ1v) is 12.1. The van der Waals surface area contributed by atoms with Gasteiger partial charge in [-0.15, -0.1) is 0 Å². The van der Waals surface area contributed by atoms with Crippen molar-refractivity contribution in [2.75, 3.05) is 6.61 Å². The molecule has 0 aliphatic carbocycles. The summed E-state index contributed by atoms with van der Waals surface area (Å²) in [6, 6.07) is 22.0. The van der Waals surface area contributed by atoms with Crippen LogP contribution in [0.3, 0.4) is 0 Å². The molecular weight excluding hydrogens is 474 g/mol. The number of benzene rings is 3. The number of H-pyrrole nitrogens is 1. The maximum atomic E-state index is 12.9. The molecule has 0 radical (unpaired) electrons. The van der Waals surface area contributed by atoms with E-state index >= 15 is 0 Å². The minimum absolute atomic E-state index is 0.121. The predicted octanol–water partition coefficient (Wildman–Crippen LogP) is 5.57. The number of fused-ring (bicyclic) bond motifs is 1. The normalized spacial score (nSPS) is 13.0. The first-order valence-electron chi connectivity index (χ1n) is 11.7. The van der Waals surface area contributed by atoms with Crippen LogP contribution < -0.4 is 10.3 Å². The fourth-order valence-corrected chi connectivity index (χ4v) is 4.74. The lowest BCUT2D eigenvalue weighted by Crippen LogP contribution is -2.29. The topological polar surface area (TPSA) is 80.1 Å². The Morgan fingerprint density at radius 1 is 1.06 bits per heavy atom. The molecule has 7 heteroatoms. The van der Waals surface area contributed by atoms with E-state index in [-0.39, 0.29) is 5.56 Å². The Kier molecular flexibility index (Phi) is 6.16. The third-order valence-corrected chi connectivity index (χ3v) is 6.73. The van der Waals surface area contributed by atoms with Crippen LogP contribution >= 0.6 is 11.6 Å². The van der Waals surface area contributed by atoms with Gasteiger partial charge in [-0.2, -0.15) is 0 Å². The summed E-state index contributed by atoms with van der Waals surface area (Å²) in [5.41, 5.74) is 2.52. The number of nitrogens with one attached hydrogen (secondary N) is 1. The molecule has 36 heavy (non-hydrogen) atoms. The fraction of sp³-hybridized carbons (Fsp3) is 0.172. The van der Waals surface area contributed by atoms with Crippen LogP contribution in [0.1, 0.15) is 29.6 Å². The molecule has 182 valence electrons. The Morgan fingerprint density at radius 2 is 1.81 bits per heavy atom. The van der Waals surface area contributed by atoms with E-state index in [1.54, 1.807) is 48.1 Å². The second-order valence-corrected chi connectivity index (χ2v) is 9.18. The molecule has 6 nitrogen and oxygen atoms in total. The van der Waals surface area contributed by atoms with Gasteiger partial charge in [0.05, 0.1) is 24.0 Å². The van der Waals surface area contributed by atoms with Crippen molar-refractivity contribution in [3.63, 3.8) is 0 Å². The molecular formula is C29H26ClN3O3. The molecule has 2 aromatic heterocycles. The highest BCUT2D eigenvalue weighted by atomic mass is 35.5. The molecule has 0 saturated heterocycles. The highest BCUT2D eigenvalue weighted by Crippen LogP contribution is 2.39. The average Bonchev–Trinajstić information content (AvgIpc) is 3.33. The number of imidazole rings is 1. The Balaban J connectivity index is 1.79. The van der Waals surface area contributed by atoms with Crippen molar-refractivity contribution in [2.24, 2.45) is 7.05 Å². The lowest BCUT2D eigenvalue weighted by Gasteiger charge is -2.29. The summed E-state index contributed by atoms with van der Waals surface area (Å²) in [4.78, 5) is 20.4. The van der Waals surface area contributed by atoms with Crippen LogP contribution in [-0.4, -0.2) is 26.2 Å². The number of aromatic amines is 1. The molecule has 1 atom stereocenters. The standard InChI is InChI=1S/C29H26ClN3O3/c1-4-36-23-7-5-6-19(14-23)24-16-28(34)33(3)26-13-10-21(15-25(24)26)29(35,27-17-31-18(2)32-27)20-8-11-22(30)12-9-20/h5-17,35H,4H2,1-3H3,(H,31,32). The summed E-state index contributed by atoms with van der Waals surface area (Å²) < 4.78 is 7.30. The predicted molar refractivity (Wildman–Crippen MR) is 143 cm³/mol. The van der Waals surface area contributed by atoms with Crippen LogP contribution in [-0.2, 0) is 12.6 Å². The molecule has 0 aliphatic rings. The van der Waals surface area contributed by atoms with E-state index in [1.165, 1.54) is 0 Å². The summed E-state index contributed by atoms with van der Waals surface area (Å²) in [6.45, 7) is 4.31. The number of aryl methyl sites for hydroxylation is 2. The summed E-state index contributed by atoms with van der Waals surface area (Å²) in [6.07, 6.45) is 1.64. The number of aromatic nitrogens is 3. The van der Waals surface area contributed by atoms with E-state index in [0.717, 1.165) is 27.8 Å². The zero-order valence-corrected chi connectivity index (χ0v) is 21.0. The van der Waals surface area contributed by atoms with Gasteiger partial charge in [0.15, 0.2) is 5.60 Å². The number of nitrogens with zero attached hydrogens (tertiary/aromatic N) is 2. The zero-order valence-electron chi connectivity index (χ0n) is 20.2. The second kappa shape index (κ2) is 9.30. The van der Waals surface area contributed by atoms with E-state index in [9.17, 15) is 9.90 Å². The number of rotatable bonds is 6. The van der Waals surface area contributed by atoms with Crippen molar-refractivity contribution >= 4 is 22.5 Å². The van der Waals surface area contributed by atoms with E-state index in [0.29, 0.717) is 34.3 Å². The molecule has 3 aromatic carbocycles. The van der Waals surface area contributed by atoms with Gasteiger partial charge in [-0.05, 0) is 72.5 Å². The van der Waals surface area contributed by atoms with Crippen LogP contribution in [0, 0.1) is 6.92 Å². The van der Waals surface area contributed by atoms with Crippen LogP contribution in [0.15, 0.2) is 83.8 Å². The summed E-state index contributed by atoms with van der Waals surface area (Å²) >= 11 is 6.15. The quantitative estimate of drug-likeness (QED) is 0.320. The molecule has 0 spiro atoms. The molecule has 2 heterocycles. The fourth-order valence-electron chi connectivity index (χ4n) is 4.62. The summed E-state index contributed by atoms with van der Waals surface area (Å²) in [7, 11) is 1.74. The first kappa shape index (κ1) is 23.9. The Hall–Kier alpha value is -3.87. The number of halogens is 1. The maximum Gasteiger partial charge on any atom is 0.251 e. The molecule has 1 unspecified atom stereocenters. The lowest BCUT2D eigenvalue weighted by atomic mass is 9.82. The molecule has 5 aromatic rings. The van der Waals surface area contributed by atoms with Crippen LogP contribution in [0.5, 0.6) is 5.75 Å². The smallest absolute Gasteiger partial charge is 0.251 e. The van der Waals surface area contributed by atoms with E-state index in [4.69, 9.17) is 16.3 Å². The molecule has 2 N–H and O–H groups in total. The van der Waals surface area contributed by atoms with Crippen molar-refractivity contribution in [2.45, 2.75) is 19.4 Å². The molecule has 0 saturated carbocycles. The largest absolute Gasteiger partial charge is 0.494 e. The third kappa shape index (κ3) is 4.08. The van der Waals surface area contributed by atoms with Crippen molar-refractivity contribution in [3.05, 3.63) is 117 Å². The lowest BCUT2D eigenvalue weighted by molar-refractivity contribution is 0.121. The van der Waals surface area contributed by atoms with Gasteiger partial charge in [-0.1, -0.05) is 41.9 Å². The van der Waals surface area contributed by atoms with Gasteiger partial charge in [-0.25, -0.2) is 4.98 Å². The van der Waals surface area contributed by atoms with E-state index in [2.05, 4.69) is 9.97 Å². The third-order valence-electron chi connectivity index (χ3n) is 6.47. The van der Waals surface area contributed by atoms with E-state index < -0.39 is 5.60 Å². The Labute approximate surface area is 213 Å². The molecule has 0 aliphatic heterocycles. The second-order valence-electron chi connectivity index (χ2n) is 8.75. The highest BCUT2D eigenvalue weighted by molar-refractivity contribution is 6.30. The average molecular weight is 500 g/mol. The summed E-state index contributed by atoms with van der Waals surface area (Å²) in [5, 5.41) is 13.7.